The average Bonchev–Trinajstić information content (AvgIpc) is 3.20. The number of anilines is 5. The van der Waals surface area contributed by atoms with Crippen LogP contribution in [-0.2, 0) is 0 Å². The van der Waals surface area contributed by atoms with Crippen molar-refractivity contribution in [3.05, 3.63) is 58.8 Å². The Bertz CT molecular complexity index is 1380. The van der Waals surface area contributed by atoms with Gasteiger partial charge in [-0.15, -0.1) is 0 Å². The van der Waals surface area contributed by atoms with E-state index in [2.05, 4.69) is 61.1 Å². The molecule has 1 aromatic carbocycles. The quantitative estimate of drug-likeness (QED) is 0.381. The van der Waals surface area contributed by atoms with Crippen molar-refractivity contribution in [3.63, 3.8) is 0 Å². The van der Waals surface area contributed by atoms with Crippen molar-refractivity contribution >= 4 is 40.1 Å². The first kappa shape index (κ1) is 22.9. The average molecular weight is 475 g/mol. The van der Waals surface area contributed by atoms with Crippen LogP contribution in [0.15, 0.2) is 51.9 Å². The number of benzene rings is 1. The fourth-order valence-corrected chi connectivity index (χ4v) is 4.52. The van der Waals surface area contributed by atoms with Gasteiger partial charge >= 0.3 is 5.76 Å². The molecule has 0 aliphatic carbocycles. The lowest BCUT2D eigenvalue weighted by molar-refractivity contribution is 0.148. The van der Waals surface area contributed by atoms with E-state index in [1.165, 1.54) is 0 Å². The summed E-state index contributed by atoms with van der Waals surface area (Å²) in [7, 11) is 0. The molecule has 10 nitrogen and oxygen atoms in total. The molecular formula is C25H30N8O2. The van der Waals surface area contributed by atoms with Crippen molar-refractivity contribution in [3.8, 4) is 0 Å². The van der Waals surface area contributed by atoms with Crippen LogP contribution in [0.25, 0.3) is 11.1 Å². The molecule has 4 heterocycles. The Balaban J connectivity index is 1.27. The van der Waals surface area contributed by atoms with Gasteiger partial charge in [-0.3, -0.25) is 9.88 Å². The van der Waals surface area contributed by atoms with Crippen molar-refractivity contribution in [2.75, 3.05) is 35.2 Å². The molecule has 0 radical (unpaired) electrons. The van der Waals surface area contributed by atoms with Crippen molar-refractivity contribution in [2.45, 2.75) is 39.8 Å². The summed E-state index contributed by atoms with van der Waals surface area (Å²) in [4.78, 5) is 32.6. The predicted octanol–water partition coefficient (Wildman–Crippen LogP) is 4.02. The monoisotopic (exact) mass is 474 g/mol. The second-order valence-electron chi connectivity index (χ2n) is 9.23. The third kappa shape index (κ3) is 4.97. The minimum Gasteiger partial charge on any atom is -0.408 e. The molecule has 3 aromatic heterocycles. The number of piperazine rings is 1. The van der Waals surface area contributed by atoms with E-state index < -0.39 is 5.76 Å². The smallest absolute Gasteiger partial charge is 0.408 e. The molecule has 10 heteroatoms. The first-order valence-electron chi connectivity index (χ1n) is 11.8. The van der Waals surface area contributed by atoms with Crippen LogP contribution in [0.5, 0.6) is 0 Å². The molecule has 1 saturated heterocycles. The van der Waals surface area contributed by atoms with Crippen LogP contribution in [0.1, 0.15) is 26.3 Å². The van der Waals surface area contributed by atoms with Crippen LogP contribution >= 0.6 is 0 Å². The molecule has 1 unspecified atom stereocenters. The van der Waals surface area contributed by atoms with E-state index in [-0.39, 0.29) is 0 Å². The predicted molar refractivity (Wildman–Crippen MR) is 138 cm³/mol. The van der Waals surface area contributed by atoms with Gasteiger partial charge in [-0.25, -0.2) is 14.8 Å². The zero-order valence-corrected chi connectivity index (χ0v) is 20.4. The standard InChI is InChI=1S/C25H30N8O2/c1-15(2)33-10-9-32(14-17(33)4)22-8-6-19(13-26-22)29-24-27-12-16(3)23(31-24)28-18-5-7-21-20(11-18)30-25(34)35-21/h5-8,11-13,15,17H,9-10,14H2,1-4H3,(H,30,34)(H2,27,28,29,31). The maximum Gasteiger partial charge on any atom is 0.417 e. The van der Waals surface area contributed by atoms with Gasteiger partial charge in [0.25, 0.3) is 0 Å². The Labute approximate surface area is 203 Å². The van der Waals surface area contributed by atoms with Gasteiger partial charge in [0.05, 0.1) is 17.4 Å². The van der Waals surface area contributed by atoms with Gasteiger partial charge in [0, 0.05) is 49.2 Å². The maximum absolute atomic E-state index is 11.4. The van der Waals surface area contributed by atoms with Gasteiger partial charge in [0.15, 0.2) is 5.58 Å². The highest BCUT2D eigenvalue weighted by Gasteiger charge is 2.26. The second-order valence-corrected chi connectivity index (χ2v) is 9.23. The molecule has 0 bridgehead atoms. The first-order chi connectivity index (χ1) is 16.9. The first-order valence-corrected chi connectivity index (χ1v) is 11.8. The molecule has 35 heavy (non-hydrogen) atoms. The summed E-state index contributed by atoms with van der Waals surface area (Å²) in [5, 5.41) is 6.52. The van der Waals surface area contributed by atoms with E-state index in [0.717, 1.165) is 42.4 Å². The van der Waals surface area contributed by atoms with Gasteiger partial charge in [-0.2, -0.15) is 4.98 Å². The Morgan fingerprint density at radius 2 is 1.91 bits per heavy atom. The molecule has 5 rings (SSSR count). The summed E-state index contributed by atoms with van der Waals surface area (Å²) in [5.41, 5.74) is 3.61. The zero-order chi connectivity index (χ0) is 24.5. The third-order valence-electron chi connectivity index (χ3n) is 6.32. The van der Waals surface area contributed by atoms with E-state index in [1.807, 2.05) is 31.3 Å². The van der Waals surface area contributed by atoms with E-state index in [9.17, 15) is 4.79 Å². The molecule has 1 aliphatic rings. The van der Waals surface area contributed by atoms with E-state index >= 15 is 0 Å². The van der Waals surface area contributed by atoms with Gasteiger partial charge in [0.2, 0.25) is 5.95 Å². The number of H-pyrrole nitrogens is 1. The van der Waals surface area contributed by atoms with Crippen molar-refractivity contribution in [1.82, 2.24) is 24.8 Å². The molecule has 1 fully saturated rings. The van der Waals surface area contributed by atoms with Gasteiger partial charge in [0.1, 0.15) is 11.6 Å². The highest BCUT2D eigenvalue weighted by molar-refractivity contribution is 5.78. The lowest BCUT2D eigenvalue weighted by atomic mass is 10.1. The summed E-state index contributed by atoms with van der Waals surface area (Å²) in [6.07, 6.45) is 3.57. The fraction of sp³-hybridized carbons (Fsp3) is 0.360. The normalized spacial score (nSPS) is 16.7. The molecule has 4 aromatic rings. The lowest BCUT2D eigenvalue weighted by Gasteiger charge is -2.42. The molecule has 182 valence electrons. The van der Waals surface area contributed by atoms with Crippen LogP contribution in [-0.4, -0.2) is 56.6 Å². The summed E-state index contributed by atoms with van der Waals surface area (Å²) in [6.45, 7) is 11.7. The number of rotatable bonds is 6. The summed E-state index contributed by atoms with van der Waals surface area (Å²) in [6, 6.07) is 10.5. The minimum absolute atomic E-state index is 0.463. The molecular weight excluding hydrogens is 444 g/mol. The number of aromatic nitrogens is 4. The van der Waals surface area contributed by atoms with Crippen LogP contribution in [0.2, 0.25) is 0 Å². The number of oxazole rings is 1. The molecule has 0 amide bonds. The van der Waals surface area contributed by atoms with Crippen LogP contribution in [0.4, 0.5) is 29.0 Å². The topological polar surface area (TPSA) is 115 Å². The van der Waals surface area contributed by atoms with Gasteiger partial charge in [-0.1, -0.05) is 0 Å². The summed E-state index contributed by atoms with van der Waals surface area (Å²) < 4.78 is 5.06. The van der Waals surface area contributed by atoms with E-state index in [0.29, 0.717) is 34.9 Å². The molecule has 0 spiro atoms. The van der Waals surface area contributed by atoms with E-state index in [4.69, 9.17) is 4.42 Å². The lowest BCUT2D eigenvalue weighted by Crippen LogP contribution is -2.54. The zero-order valence-electron chi connectivity index (χ0n) is 20.4. The number of pyridine rings is 1. The number of aromatic amines is 1. The number of hydrogen-bond acceptors (Lipinski definition) is 9. The van der Waals surface area contributed by atoms with Crippen molar-refractivity contribution in [1.29, 1.82) is 0 Å². The number of nitrogens with one attached hydrogen (secondary N) is 3. The Hall–Kier alpha value is -3.92. The Morgan fingerprint density at radius 1 is 1.09 bits per heavy atom. The van der Waals surface area contributed by atoms with Gasteiger partial charge < -0.3 is 20.0 Å². The summed E-state index contributed by atoms with van der Waals surface area (Å²) >= 11 is 0. The van der Waals surface area contributed by atoms with Gasteiger partial charge in [-0.05, 0) is 58.0 Å². The number of fused-ring (bicyclic) bond motifs is 1. The molecule has 3 N–H and O–H groups in total. The van der Waals surface area contributed by atoms with Crippen LogP contribution < -0.4 is 21.3 Å². The SMILES string of the molecule is Cc1cnc(Nc2ccc(N3CCN(C(C)C)C(C)C3)nc2)nc1Nc1ccc2oc(=O)[nH]c2c1. The second kappa shape index (κ2) is 9.38. The minimum atomic E-state index is -0.478. The number of aryl methyl sites for hydroxylation is 1. The molecule has 1 atom stereocenters. The molecule has 0 saturated carbocycles. The highest BCUT2D eigenvalue weighted by Crippen LogP contribution is 2.24. The highest BCUT2D eigenvalue weighted by atomic mass is 16.4. The third-order valence-corrected chi connectivity index (χ3v) is 6.32. The van der Waals surface area contributed by atoms with Crippen LogP contribution in [0.3, 0.4) is 0 Å². The van der Waals surface area contributed by atoms with E-state index in [1.54, 1.807) is 18.3 Å². The Morgan fingerprint density at radius 3 is 2.66 bits per heavy atom. The number of nitrogens with zero attached hydrogens (tertiary/aromatic N) is 5. The fourth-order valence-electron chi connectivity index (χ4n) is 4.52. The largest absolute Gasteiger partial charge is 0.417 e. The number of hydrogen-bond donors (Lipinski definition) is 3. The van der Waals surface area contributed by atoms with Crippen LogP contribution in [0, 0.1) is 6.92 Å². The van der Waals surface area contributed by atoms with Crippen molar-refractivity contribution < 1.29 is 4.42 Å². The van der Waals surface area contributed by atoms with Crippen molar-refractivity contribution in [2.24, 2.45) is 0 Å². The molecule has 1 aliphatic heterocycles. The Kier molecular flexibility index (Phi) is 6.12. The maximum atomic E-state index is 11.4. The summed E-state index contributed by atoms with van der Waals surface area (Å²) in [5.74, 6) is 1.62.